The largest absolute Gasteiger partial charge is 0.508 e. The molecule has 0 aliphatic heterocycles. The number of phenolic OH excluding ortho intramolecular Hbond substituents is 1. The van der Waals surface area contributed by atoms with Crippen molar-refractivity contribution in [2.75, 3.05) is 0 Å². The van der Waals surface area contributed by atoms with E-state index in [2.05, 4.69) is 0 Å². The summed E-state index contributed by atoms with van der Waals surface area (Å²) in [5, 5.41) is 11.6. The van der Waals surface area contributed by atoms with E-state index in [1.54, 1.807) is 0 Å². The van der Waals surface area contributed by atoms with E-state index >= 15 is 0 Å². The van der Waals surface area contributed by atoms with Crippen LogP contribution in [0.5, 0.6) is 5.75 Å². The van der Waals surface area contributed by atoms with Crippen LogP contribution in [0.1, 0.15) is 24.0 Å². The molecular formula is C13H11Cl3O. The van der Waals surface area contributed by atoms with Gasteiger partial charge in [-0.25, -0.2) is 0 Å². The van der Waals surface area contributed by atoms with Gasteiger partial charge in [0.15, 0.2) is 0 Å². The van der Waals surface area contributed by atoms with Gasteiger partial charge >= 0.3 is 0 Å². The Morgan fingerprint density at radius 3 is 2.53 bits per heavy atom. The third-order valence-electron chi connectivity index (χ3n) is 2.75. The predicted molar refractivity (Wildman–Crippen MR) is 73.8 cm³/mol. The van der Waals surface area contributed by atoms with E-state index in [0.717, 1.165) is 39.6 Å². The van der Waals surface area contributed by atoms with Gasteiger partial charge in [-0.05, 0) is 49.1 Å². The zero-order chi connectivity index (χ0) is 12.6. The van der Waals surface area contributed by atoms with Crippen molar-refractivity contribution in [3.63, 3.8) is 0 Å². The number of allylic oxidation sites excluding steroid dienone is 4. The smallest absolute Gasteiger partial charge is 0.120 e. The molecule has 4 heteroatoms. The summed E-state index contributed by atoms with van der Waals surface area (Å²) in [4.78, 5) is 0. The quantitative estimate of drug-likeness (QED) is 0.751. The van der Waals surface area contributed by atoms with Crippen LogP contribution < -0.4 is 0 Å². The normalized spacial score (nSPS) is 16.1. The van der Waals surface area contributed by atoms with Gasteiger partial charge in [-0.15, -0.1) is 0 Å². The summed E-state index contributed by atoms with van der Waals surface area (Å²) in [5.41, 5.74) is 2.41. The number of hydrogen-bond acceptors (Lipinski definition) is 1. The molecule has 1 aliphatic carbocycles. The van der Waals surface area contributed by atoms with Gasteiger partial charge < -0.3 is 5.11 Å². The second-order valence-corrected chi connectivity index (χ2v) is 5.38. The van der Waals surface area contributed by atoms with Gasteiger partial charge in [-0.2, -0.15) is 0 Å². The highest BCUT2D eigenvalue weighted by molar-refractivity contribution is 6.37. The Balaban J connectivity index is 2.58. The Bertz CT molecular complexity index is 530. The summed E-state index contributed by atoms with van der Waals surface area (Å²) < 4.78 is 0. The van der Waals surface area contributed by atoms with Crippen LogP contribution in [0.2, 0.25) is 5.02 Å². The minimum absolute atomic E-state index is 0.182. The number of hydrogen-bond donors (Lipinski definition) is 1. The van der Waals surface area contributed by atoms with Gasteiger partial charge in [-0.1, -0.05) is 34.8 Å². The third kappa shape index (κ3) is 2.62. The third-order valence-corrected chi connectivity index (χ3v) is 3.76. The molecule has 90 valence electrons. The van der Waals surface area contributed by atoms with E-state index in [1.165, 1.54) is 6.07 Å². The minimum atomic E-state index is 0.182. The minimum Gasteiger partial charge on any atom is -0.508 e. The molecule has 0 saturated carbocycles. The number of aromatic hydroxyl groups is 1. The summed E-state index contributed by atoms with van der Waals surface area (Å²) in [6, 6.07) is 3.35. The fourth-order valence-corrected chi connectivity index (χ4v) is 2.49. The van der Waals surface area contributed by atoms with Crippen molar-refractivity contribution in [2.45, 2.75) is 19.8 Å². The van der Waals surface area contributed by atoms with Gasteiger partial charge in [0.2, 0.25) is 0 Å². The summed E-state index contributed by atoms with van der Waals surface area (Å²) in [7, 11) is 0. The van der Waals surface area contributed by atoms with Crippen molar-refractivity contribution in [1.29, 1.82) is 0 Å². The van der Waals surface area contributed by atoms with Crippen LogP contribution >= 0.6 is 34.8 Å². The molecule has 0 spiro atoms. The van der Waals surface area contributed by atoms with Gasteiger partial charge in [0.05, 0.1) is 5.02 Å². The molecule has 0 radical (unpaired) electrons. The SMILES string of the molecule is Cc1cc(C2=C(Cl)CCC(Cl)=C2)c(Cl)cc1O. The van der Waals surface area contributed by atoms with Crippen molar-refractivity contribution < 1.29 is 5.11 Å². The molecule has 1 aromatic carbocycles. The van der Waals surface area contributed by atoms with Crippen molar-refractivity contribution >= 4 is 40.4 Å². The molecule has 1 aliphatic rings. The van der Waals surface area contributed by atoms with Gasteiger partial charge in [-0.3, -0.25) is 0 Å². The molecule has 2 rings (SSSR count). The predicted octanol–water partition coefficient (Wildman–Crippen LogP) is 5.22. The molecule has 1 N–H and O–H groups in total. The van der Waals surface area contributed by atoms with Crippen molar-refractivity contribution in [2.24, 2.45) is 0 Å². The van der Waals surface area contributed by atoms with Crippen LogP contribution in [0, 0.1) is 6.92 Å². The summed E-state index contributed by atoms with van der Waals surface area (Å²) in [5.74, 6) is 0.182. The van der Waals surface area contributed by atoms with Crippen molar-refractivity contribution in [1.82, 2.24) is 0 Å². The summed E-state index contributed by atoms with van der Waals surface area (Å²) >= 11 is 18.4. The molecule has 0 heterocycles. The summed E-state index contributed by atoms with van der Waals surface area (Å²) in [6.07, 6.45) is 3.33. The number of rotatable bonds is 1. The first-order valence-electron chi connectivity index (χ1n) is 5.23. The molecule has 0 saturated heterocycles. The van der Waals surface area contributed by atoms with E-state index in [9.17, 15) is 5.11 Å². The molecule has 0 unspecified atom stereocenters. The molecule has 0 fully saturated rings. The van der Waals surface area contributed by atoms with Crippen molar-refractivity contribution in [3.8, 4) is 5.75 Å². The molecular weight excluding hydrogens is 279 g/mol. The Morgan fingerprint density at radius 2 is 1.82 bits per heavy atom. The van der Waals surface area contributed by atoms with Crippen LogP contribution in [0.3, 0.4) is 0 Å². The number of aryl methyl sites for hydroxylation is 1. The number of phenols is 1. The van der Waals surface area contributed by atoms with Gasteiger partial charge in [0, 0.05) is 15.6 Å². The second kappa shape index (κ2) is 4.93. The van der Waals surface area contributed by atoms with Gasteiger partial charge in [0.25, 0.3) is 0 Å². The first kappa shape index (κ1) is 12.8. The van der Waals surface area contributed by atoms with E-state index in [-0.39, 0.29) is 5.75 Å². The molecule has 0 bridgehead atoms. The fraction of sp³-hybridized carbons (Fsp3) is 0.231. The molecule has 17 heavy (non-hydrogen) atoms. The Morgan fingerprint density at radius 1 is 1.12 bits per heavy atom. The van der Waals surface area contributed by atoms with E-state index in [0.29, 0.717) is 5.02 Å². The van der Waals surface area contributed by atoms with Crippen molar-refractivity contribution in [3.05, 3.63) is 44.4 Å². The van der Waals surface area contributed by atoms with Crippen LogP contribution in [-0.4, -0.2) is 5.11 Å². The fourth-order valence-electron chi connectivity index (χ4n) is 1.77. The lowest BCUT2D eigenvalue weighted by atomic mass is 9.97. The average Bonchev–Trinajstić information content (AvgIpc) is 2.27. The van der Waals surface area contributed by atoms with E-state index in [4.69, 9.17) is 34.8 Å². The topological polar surface area (TPSA) is 20.2 Å². The highest BCUT2D eigenvalue weighted by atomic mass is 35.5. The van der Waals surface area contributed by atoms with Crippen LogP contribution in [-0.2, 0) is 0 Å². The lowest BCUT2D eigenvalue weighted by Crippen LogP contribution is -1.94. The maximum absolute atomic E-state index is 9.57. The first-order valence-corrected chi connectivity index (χ1v) is 6.36. The zero-order valence-corrected chi connectivity index (χ0v) is 11.5. The number of benzene rings is 1. The number of halogens is 3. The van der Waals surface area contributed by atoms with Crippen LogP contribution in [0.15, 0.2) is 28.3 Å². The van der Waals surface area contributed by atoms with Gasteiger partial charge in [0.1, 0.15) is 5.75 Å². The lowest BCUT2D eigenvalue weighted by molar-refractivity contribution is 0.471. The zero-order valence-electron chi connectivity index (χ0n) is 9.23. The average molecular weight is 290 g/mol. The Hall–Kier alpha value is -0.630. The second-order valence-electron chi connectivity index (χ2n) is 4.03. The standard InChI is InChI=1S/C13H11Cl3O/c1-7-4-9(12(16)6-13(7)17)10-5-8(14)2-3-11(10)15/h4-6,17H,2-3H2,1H3. The summed E-state index contributed by atoms with van der Waals surface area (Å²) in [6.45, 7) is 1.82. The first-order chi connectivity index (χ1) is 7.99. The molecule has 1 aromatic rings. The maximum atomic E-state index is 9.57. The monoisotopic (exact) mass is 288 g/mol. The maximum Gasteiger partial charge on any atom is 0.120 e. The molecule has 0 aromatic heterocycles. The van der Waals surface area contributed by atoms with E-state index in [1.807, 2.05) is 19.1 Å². The Kier molecular flexibility index (Phi) is 3.72. The van der Waals surface area contributed by atoms with Crippen LogP contribution in [0.4, 0.5) is 0 Å². The lowest BCUT2D eigenvalue weighted by Gasteiger charge is -2.15. The Labute approximate surface area is 115 Å². The highest BCUT2D eigenvalue weighted by Crippen LogP contribution is 2.39. The van der Waals surface area contributed by atoms with E-state index < -0.39 is 0 Å². The molecule has 1 nitrogen and oxygen atoms in total. The molecule has 0 atom stereocenters. The highest BCUT2D eigenvalue weighted by Gasteiger charge is 2.16. The van der Waals surface area contributed by atoms with Crippen LogP contribution in [0.25, 0.3) is 5.57 Å². The molecule has 0 amide bonds.